The Hall–Kier alpha value is -1.36. The van der Waals surface area contributed by atoms with Gasteiger partial charge in [-0.15, -0.1) is 0 Å². The van der Waals surface area contributed by atoms with E-state index in [2.05, 4.69) is 10.1 Å². The number of carbonyl (C=O) groups excluding carboxylic acids is 1. The van der Waals surface area contributed by atoms with Gasteiger partial charge in [-0.2, -0.15) is 0 Å². The summed E-state index contributed by atoms with van der Waals surface area (Å²) in [4.78, 5) is 11.0. The van der Waals surface area contributed by atoms with E-state index in [4.69, 9.17) is 11.6 Å². The SMILES string of the molecule is Cc1cccc(Cl)c1[C@@H]1NC(=O)OCC1(F)F. The molecule has 1 saturated heterocycles. The predicted molar refractivity (Wildman–Crippen MR) is 58.4 cm³/mol. The van der Waals surface area contributed by atoms with Crippen LogP contribution >= 0.6 is 11.6 Å². The molecule has 1 heterocycles. The van der Waals surface area contributed by atoms with Gasteiger partial charge in [-0.3, -0.25) is 0 Å². The molecule has 1 aliphatic heterocycles. The maximum absolute atomic E-state index is 13.7. The molecule has 3 nitrogen and oxygen atoms in total. The fourth-order valence-electron chi connectivity index (χ4n) is 1.80. The predicted octanol–water partition coefficient (Wildman–Crippen LogP) is 3.06. The Balaban J connectivity index is 2.46. The van der Waals surface area contributed by atoms with E-state index in [0.29, 0.717) is 5.56 Å². The van der Waals surface area contributed by atoms with Crippen molar-refractivity contribution in [2.45, 2.75) is 18.9 Å². The van der Waals surface area contributed by atoms with E-state index < -0.39 is 24.7 Å². The Morgan fingerprint density at radius 2 is 2.24 bits per heavy atom. The first-order valence-electron chi connectivity index (χ1n) is 4.98. The van der Waals surface area contributed by atoms with Crippen molar-refractivity contribution in [3.8, 4) is 0 Å². The Morgan fingerprint density at radius 3 is 2.88 bits per heavy atom. The van der Waals surface area contributed by atoms with E-state index in [-0.39, 0.29) is 10.6 Å². The van der Waals surface area contributed by atoms with E-state index >= 15 is 0 Å². The summed E-state index contributed by atoms with van der Waals surface area (Å²) in [7, 11) is 0. The van der Waals surface area contributed by atoms with Gasteiger partial charge in [-0.25, -0.2) is 13.6 Å². The summed E-state index contributed by atoms with van der Waals surface area (Å²) in [5.74, 6) is -3.18. The topological polar surface area (TPSA) is 38.3 Å². The molecule has 1 N–H and O–H groups in total. The van der Waals surface area contributed by atoms with Crippen LogP contribution in [0.1, 0.15) is 17.2 Å². The van der Waals surface area contributed by atoms with Crippen molar-refractivity contribution in [2.24, 2.45) is 0 Å². The maximum Gasteiger partial charge on any atom is 0.408 e. The van der Waals surface area contributed by atoms with Crippen LogP contribution in [0.3, 0.4) is 0 Å². The molecular formula is C11H10ClF2NO2. The number of halogens is 3. The van der Waals surface area contributed by atoms with Gasteiger partial charge in [-0.1, -0.05) is 23.7 Å². The first kappa shape index (κ1) is 12.1. The summed E-state index contributed by atoms with van der Waals surface area (Å²) in [5.41, 5.74) is 0.834. The molecule has 17 heavy (non-hydrogen) atoms. The maximum atomic E-state index is 13.7. The summed E-state index contributed by atoms with van der Waals surface area (Å²) >= 11 is 5.91. The van der Waals surface area contributed by atoms with Crippen molar-refractivity contribution in [1.82, 2.24) is 5.32 Å². The molecule has 0 bridgehead atoms. The van der Waals surface area contributed by atoms with Crippen LogP contribution in [0.2, 0.25) is 5.02 Å². The van der Waals surface area contributed by atoms with Crippen molar-refractivity contribution in [2.75, 3.05) is 6.61 Å². The van der Waals surface area contributed by atoms with Gasteiger partial charge in [0.1, 0.15) is 6.04 Å². The van der Waals surface area contributed by atoms with Crippen LogP contribution in [0, 0.1) is 6.92 Å². The lowest BCUT2D eigenvalue weighted by Crippen LogP contribution is -2.49. The minimum absolute atomic E-state index is 0.205. The van der Waals surface area contributed by atoms with Crippen molar-refractivity contribution in [1.29, 1.82) is 0 Å². The van der Waals surface area contributed by atoms with Gasteiger partial charge >= 0.3 is 12.0 Å². The molecule has 1 aliphatic rings. The summed E-state index contributed by atoms with van der Waals surface area (Å²) in [6.07, 6.45) is -0.861. The summed E-state index contributed by atoms with van der Waals surface area (Å²) < 4.78 is 31.7. The zero-order valence-electron chi connectivity index (χ0n) is 8.97. The number of alkyl halides is 2. The molecule has 1 aromatic rings. The third-order valence-electron chi connectivity index (χ3n) is 2.64. The van der Waals surface area contributed by atoms with Crippen LogP contribution in [-0.4, -0.2) is 18.6 Å². The average molecular weight is 262 g/mol. The first-order valence-corrected chi connectivity index (χ1v) is 5.36. The number of nitrogens with one attached hydrogen (secondary N) is 1. The molecule has 1 aromatic carbocycles. The van der Waals surface area contributed by atoms with Gasteiger partial charge < -0.3 is 10.1 Å². The van der Waals surface area contributed by atoms with Crippen molar-refractivity contribution < 1.29 is 18.3 Å². The number of ether oxygens (including phenoxy) is 1. The van der Waals surface area contributed by atoms with Crippen LogP contribution in [0.25, 0.3) is 0 Å². The second-order valence-corrected chi connectivity index (χ2v) is 4.29. The third-order valence-corrected chi connectivity index (χ3v) is 2.97. The molecule has 0 aliphatic carbocycles. The lowest BCUT2D eigenvalue weighted by Gasteiger charge is -2.33. The van der Waals surface area contributed by atoms with Gasteiger partial charge in [0, 0.05) is 10.6 Å². The molecule has 6 heteroatoms. The van der Waals surface area contributed by atoms with Crippen LogP contribution in [0.15, 0.2) is 18.2 Å². The normalized spacial score (nSPS) is 22.8. The standard InChI is InChI=1S/C11H10ClF2NO2/c1-6-3-2-4-7(12)8(6)9-11(13,14)5-17-10(16)15-9/h2-4,9H,5H2,1H3,(H,15,16)/t9-/m0/s1. The molecule has 0 spiro atoms. The van der Waals surface area contributed by atoms with Gasteiger partial charge in [0.2, 0.25) is 0 Å². The number of rotatable bonds is 1. The average Bonchev–Trinajstić information content (AvgIpc) is 2.23. The zero-order chi connectivity index (χ0) is 12.6. The molecule has 0 radical (unpaired) electrons. The number of cyclic esters (lactones) is 1. The summed E-state index contributed by atoms with van der Waals surface area (Å²) in [5, 5.41) is 2.31. The minimum atomic E-state index is -3.18. The van der Waals surface area contributed by atoms with Crippen molar-refractivity contribution >= 4 is 17.7 Å². The highest BCUT2D eigenvalue weighted by Crippen LogP contribution is 2.38. The summed E-state index contributed by atoms with van der Waals surface area (Å²) in [6, 6.07) is 3.40. The van der Waals surface area contributed by atoms with Crippen LogP contribution in [0.5, 0.6) is 0 Å². The van der Waals surface area contributed by atoms with Crippen molar-refractivity contribution in [3.05, 3.63) is 34.3 Å². The number of aryl methyl sites for hydroxylation is 1. The molecule has 2 rings (SSSR count). The Morgan fingerprint density at radius 1 is 1.53 bits per heavy atom. The quantitative estimate of drug-likeness (QED) is 0.844. The second-order valence-electron chi connectivity index (χ2n) is 3.88. The monoisotopic (exact) mass is 261 g/mol. The van der Waals surface area contributed by atoms with E-state index in [1.165, 1.54) is 6.07 Å². The van der Waals surface area contributed by atoms with E-state index in [0.717, 1.165) is 0 Å². The summed E-state index contributed by atoms with van der Waals surface area (Å²) in [6.45, 7) is 0.729. The van der Waals surface area contributed by atoms with Gasteiger partial charge in [0.25, 0.3) is 0 Å². The minimum Gasteiger partial charge on any atom is -0.443 e. The second kappa shape index (κ2) is 4.14. The zero-order valence-corrected chi connectivity index (χ0v) is 9.72. The Labute approximate surface area is 102 Å². The highest BCUT2D eigenvalue weighted by molar-refractivity contribution is 6.31. The van der Waals surface area contributed by atoms with Crippen LogP contribution in [-0.2, 0) is 4.74 Å². The fourth-order valence-corrected chi connectivity index (χ4v) is 2.13. The number of alkyl carbamates (subject to hydrolysis) is 1. The number of amides is 1. The molecule has 1 amide bonds. The molecule has 0 saturated carbocycles. The van der Waals surface area contributed by atoms with E-state index in [1.807, 2.05) is 0 Å². The molecule has 0 aromatic heterocycles. The number of hydrogen-bond acceptors (Lipinski definition) is 2. The van der Waals surface area contributed by atoms with Crippen LogP contribution in [0.4, 0.5) is 13.6 Å². The highest BCUT2D eigenvalue weighted by Gasteiger charge is 2.47. The lowest BCUT2D eigenvalue weighted by atomic mass is 9.96. The smallest absolute Gasteiger partial charge is 0.408 e. The number of benzene rings is 1. The Kier molecular flexibility index (Phi) is 2.95. The molecular weight excluding hydrogens is 252 g/mol. The van der Waals surface area contributed by atoms with Gasteiger partial charge in [0.15, 0.2) is 6.61 Å². The molecule has 92 valence electrons. The lowest BCUT2D eigenvalue weighted by molar-refractivity contribution is -0.104. The first-order chi connectivity index (χ1) is 7.92. The van der Waals surface area contributed by atoms with Gasteiger partial charge in [0.05, 0.1) is 0 Å². The third kappa shape index (κ3) is 2.20. The largest absolute Gasteiger partial charge is 0.443 e. The number of hydrogen-bond donors (Lipinski definition) is 1. The Bertz CT molecular complexity index is 445. The van der Waals surface area contributed by atoms with Crippen LogP contribution < -0.4 is 5.32 Å². The van der Waals surface area contributed by atoms with Crippen molar-refractivity contribution in [3.63, 3.8) is 0 Å². The van der Waals surface area contributed by atoms with E-state index in [1.54, 1.807) is 19.1 Å². The molecule has 1 atom stereocenters. The molecule has 0 unspecified atom stereocenters. The highest BCUT2D eigenvalue weighted by atomic mass is 35.5. The number of carbonyl (C=O) groups is 1. The molecule has 1 fully saturated rings. The van der Waals surface area contributed by atoms with Gasteiger partial charge in [-0.05, 0) is 18.6 Å². The fraction of sp³-hybridized carbons (Fsp3) is 0.364. The van der Waals surface area contributed by atoms with E-state index in [9.17, 15) is 13.6 Å².